The first-order valence-corrected chi connectivity index (χ1v) is 8.52. The highest BCUT2D eigenvalue weighted by molar-refractivity contribution is 7.82. The summed E-state index contributed by atoms with van der Waals surface area (Å²) in [6.45, 7) is -3.94. The minimum absolute atomic E-state index is 0.176. The molecule has 0 fully saturated rings. The van der Waals surface area contributed by atoms with Crippen molar-refractivity contribution >= 4 is 41.7 Å². The molecule has 0 saturated carbocycles. The van der Waals surface area contributed by atoms with E-state index in [-0.39, 0.29) is 11.5 Å². The maximum absolute atomic E-state index is 12.1. The predicted octanol–water partition coefficient (Wildman–Crippen LogP) is 4.43. The van der Waals surface area contributed by atoms with Crippen LogP contribution in [0.1, 0.15) is 0 Å². The molecule has 2 rings (SSSR count). The number of hydrogen-bond acceptors (Lipinski definition) is 7. The van der Waals surface area contributed by atoms with Crippen molar-refractivity contribution in [3.05, 3.63) is 48.5 Å². The van der Waals surface area contributed by atoms with Crippen molar-refractivity contribution in [2.24, 2.45) is 9.98 Å². The van der Waals surface area contributed by atoms with Gasteiger partial charge in [0, 0.05) is 11.2 Å². The van der Waals surface area contributed by atoms with E-state index in [4.69, 9.17) is 20.3 Å². The lowest BCUT2D eigenvalue weighted by molar-refractivity contribution is 0.406. The molecular formula is C14H8ClN2O5P. The standard InChI is InChI=1S/C14H8ClN2O5P/c15-23(20,21-13-5-1-11(2-6-13)16-9-18)22-14-7-3-12(4-8-14)17-10-19/h1-8H. The molecule has 0 saturated heterocycles. The van der Waals surface area contributed by atoms with Crippen LogP contribution in [0.15, 0.2) is 58.5 Å². The summed E-state index contributed by atoms with van der Waals surface area (Å²) < 4.78 is 22.3. The smallest absolute Gasteiger partial charge is 0.405 e. The fourth-order valence-corrected chi connectivity index (χ4v) is 2.80. The van der Waals surface area contributed by atoms with E-state index in [1.165, 1.54) is 60.7 Å². The Morgan fingerprint density at radius 2 is 1.13 bits per heavy atom. The highest BCUT2D eigenvalue weighted by Crippen LogP contribution is 2.53. The summed E-state index contributed by atoms with van der Waals surface area (Å²) >= 11 is 5.75. The fraction of sp³-hybridized carbons (Fsp3) is 0. The molecule has 0 N–H and O–H groups in total. The van der Waals surface area contributed by atoms with E-state index in [0.29, 0.717) is 11.4 Å². The van der Waals surface area contributed by atoms with Crippen LogP contribution in [0.25, 0.3) is 0 Å². The first-order valence-electron chi connectivity index (χ1n) is 6.07. The molecule has 0 aliphatic carbocycles. The maximum Gasteiger partial charge on any atom is 0.530 e. The van der Waals surface area contributed by atoms with Gasteiger partial charge in [-0.05, 0) is 48.5 Å². The van der Waals surface area contributed by atoms with E-state index >= 15 is 0 Å². The Labute approximate surface area is 135 Å². The average Bonchev–Trinajstić information content (AvgIpc) is 2.51. The highest BCUT2D eigenvalue weighted by atomic mass is 35.7. The van der Waals surface area contributed by atoms with Crippen LogP contribution in [0, 0.1) is 0 Å². The summed E-state index contributed by atoms with van der Waals surface area (Å²) in [7, 11) is 0. The van der Waals surface area contributed by atoms with Crippen molar-refractivity contribution in [1.29, 1.82) is 0 Å². The molecule has 0 bridgehead atoms. The van der Waals surface area contributed by atoms with Crippen molar-refractivity contribution in [2.75, 3.05) is 0 Å². The Bertz CT molecular complexity index is 758. The van der Waals surface area contributed by atoms with E-state index in [0.717, 1.165) is 0 Å². The Balaban J connectivity index is 2.07. The summed E-state index contributed by atoms with van der Waals surface area (Å²) in [5.74, 6) is 0.353. The molecule has 0 aliphatic heterocycles. The number of halogens is 1. The van der Waals surface area contributed by atoms with Gasteiger partial charge in [0.15, 0.2) is 0 Å². The number of benzene rings is 2. The maximum atomic E-state index is 12.1. The molecule has 7 nitrogen and oxygen atoms in total. The number of carbonyl (C=O) groups excluding carboxylic acids is 2. The highest BCUT2D eigenvalue weighted by Gasteiger charge is 2.24. The quantitative estimate of drug-likeness (QED) is 0.436. The van der Waals surface area contributed by atoms with Gasteiger partial charge in [0.1, 0.15) is 11.5 Å². The van der Waals surface area contributed by atoms with Crippen LogP contribution < -0.4 is 9.05 Å². The Kier molecular flexibility index (Phi) is 5.47. The number of rotatable bonds is 6. The van der Waals surface area contributed by atoms with Gasteiger partial charge >= 0.3 is 6.95 Å². The molecule has 0 atom stereocenters. The summed E-state index contributed by atoms with van der Waals surface area (Å²) in [5, 5.41) is 0. The van der Waals surface area contributed by atoms with E-state index < -0.39 is 6.95 Å². The van der Waals surface area contributed by atoms with Gasteiger partial charge in [0.2, 0.25) is 12.2 Å². The lowest BCUT2D eigenvalue weighted by atomic mass is 10.3. The summed E-state index contributed by atoms with van der Waals surface area (Å²) in [6.07, 6.45) is 2.79. The molecule has 0 aliphatic rings. The van der Waals surface area contributed by atoms with E-state index in [2.05, 4.69) is 9.98 Å². The molecule has 9 heteroatoms. The van der Waals surface area contributed by atoms with E-state index in [1.807, 2.05) is 0 Å². The van der Waals surface area contributed by atoms with Crippen LogP contribution in [0.3, 0.4) is 0 Å². The van der Waals surface area contributed by atoms with Gasteiger partial charge in [0.25, 0.3) is 0 Å². The monoisotopic (exact) mass is 350 g/mol. The predicted molar refractivity (Wildman–Crippen MR) is 83.2 cm³/mol. The second-order valence-electron chi connectivity index (χ2n) is 4.01. The fourth-order valence-electron chi connectivity index (χ4n) is 1.54. The van der Waals surface area contributed by atoms with Crippen molar-refractivity contribution < 1.29 is 23.2 Å². The molecule has 0 amide bonds. The third-order valence-electron chi connectivity index (χ3n) is 2.45. The van der Waals surface area contributed by atoms with Crippen LogP contribution in [0.2, 0.25) is 0 Å². The normalized spacial score (nSPS) is 12.2. The summed E-state index contributed by atoms with van der Waals surface area (Å²) in [6, 6.07) is 11.6. The number of hydrogen-bond donors (Lipinski definition) is 0. The summed E-state index contributed by atoms with van der Waals surface area (Å²) in [5.41, 5.74) is 0.730. The minimum Gasteiger partial charge on any atom is -0.405 e. The number of isocyanates is 2. The molecule has 0 unspecified atom stereocenters. The molecule has 116 valence electrons. The van der Waals surface area contributed by atoms with Crippen molar-refractivity contribution in [2.45, 2.75) is 0 Å². The molecular weight excluding hydrogens is 343 g/mol. The van der Waals surface area contributed by atoms with Crippen LogP contribution in [-0.2, 0) is 14.2 Å². The average molecular weight is 351 g/mol. The second kappa shape index (κ2) is 7.54. The molecule has 0 aromatic heterocycles. The molecule has 0 spiro atoms. The zero-order valence-corrected chi connectivity index (χ0v) is 13.0. The minimum atomic E-state index is -3.94. The summed E-state index contributed by atoms with van der Waals surface area (Å²) in [4.78, 5) is 27.0. The van der Waals surface area contributed by atoms with Gasteiger partial charge in [-0.25, -0.2) is 14.2 Å². The SMILES string of the molecule is O=C=Nc1ccc(OP(=O)(Cl)Oc2ccc(N=C=O)cc2)cc1. The van der Waals surface area contributed by atoms with Crippen LogP contribution >= 0.6 is 18.2 Å². The Morgan fingerprint density at radius 3 is 1.43 bits per heavy atom. The number of aliphatic imine (C=N–C) groups is 2. The van der Waals surface area contributed by atoms with Gasteiger partial charge in [-0.3, -0.25) is 0 Å². The zero-order chi connectivity index (χ0) is 16.7. The first-order chi connectivity index (χ1) is 11.0. The van der Waals surface area contributed by atoms with Gasteiger partial charge < -0.3 is 9.05 Å². The Morgan fingerprint density at radius 1 is 0.783 bits per heavy atom. The van der Waals surface area contributed by atoms with Crippen molar-refractivity contribution in [3.63, 3.8) is 0 Å². The molecule has 2 aromatic carbocycles. The second-order valence-corrected chi connectivity index (χ2v) is 6.48. The van der Waals surface area contributed by atoms with Crippen LogP contribution in [-0.4, -0.2) is 12.2 Å². The largest absolute Gasteiger partial charge is 0.530 e. The lowest BCUT2D eigenvalue weighted by Gasteiger charge is -2.13. The molecule has 2 aromatic rings. The van der Waals surface area contributed by atoms with Crippen LogP contribution in [0.4, 0.5) is 11.4 Å². The lowest BCUT2D eigenvalue weighted by Crippen LogP contribution is -1.95. The van der Waals surface area contributed by atoms with Crippen LogP contribution in [0.5, 0.6) is 11.5 Å². The van der Waals surface area contributed by atoms with Gasteiger partial charge in [0.05, 0.1) is 11.4 Å². The molecule has 0 heterocycles. The van der Waals surface area contributed by atoms with Crippen molar-refractivity contribution in [3.8, 4) is 11.5 Å². The van der Waals surface area contributed by atoms with Gasteiger partial charge in [-0.2, -0.15) is 9.98 Å². The van der Waals surface area contributed by atoms with E-state index in [9.17, 15) is 14.2 Å². The van der Waals surface area contributed by atoms with Crippen molar-refractivity contribution in [1.82, 2.24) is 0 Å². The number of nitrogens with zero attached hydrogens (tertiary/aromatic N) is 2. The van der Waals surface area contributed by atoms with Gasteiger partial charge in [-0.15, -0.1) is 0 Å². The molecule has 23 heavy (non-hydrogen) atoms. The topological polar surface area (TPSA) is 94.4 Å². The third-order valence-corrected chi connectivity index (χ3v) is 3.72. The Hall–Kier alpha value is -2.68. The van der Waals surface area contributed by atoms with Gasteiger partial charge in [-0.1, -0.05) is 0 Å². The third kappa shape index (κ3) is 5.22. The first kappa shape index (κ1) is 16.7. The molecule has 0 radical (unpaired) electrons. The van der Waals surface area contributed by atoms with E-state index in [1.54, 1.807) is 0 Å². The zero-order valence-electron chi connectivity index (χ0n) is 11.4.